The van der Waals surface area contributed by atoms with Crippen LogP contribution in [0.2, 0.25) is 0 Å². The molecule has 0 heterocycles. The molecule has 0 aliphatic heterocycles. The highest BCUT2D eigenvalue weighted by atomic mass is 16.4. The van der Waals surface area contributed by atoms with Crippen LogP contribution in [0.1, 0.15) is 121 Å². The molecule has 0 saturated heterocycles. The van der Waals surface area contributed by atoms with E-state index in [1.165, 1.54) is 94.6 Å². The number of hydrogen-bond donors (Lipinski definition) is 1. The van der Waals surface area contributed by atoms with Crippen molar-refractivity contribution < 1.29 is 9.90 Å². The number of aryl methyl sites for hydroxylation is 2. The van der Waals surface area contributed by atoms with Gasteiger partial charge in [0, 0.05) is 6.42 Å². The molecule has 1 aromatic rings. The zero-order valence-electron chi connectivity index (χ0n) is 19.0. The number of unbranched alkanes of at least 4 members (excludes halogenated alkanes) is 14. The number of rotatable bonds is 16. The second kappa shape index (κ2) is 20.4. The topological polar surface area (TPSA) is 37.3 Å². The van der Waals surface area contributed by atoms with Crippen LogP contribution < -0.4 is 0 Å². The maximum absolute atomic E-state index is 10.3. The van der Waals surface area contributed by atoms with Gasteiger partial charge in [-0.15, -0.1) is 0 Å². The number of hydrogen-bond acceptors (Lipinski definition) is 1. The third kappa shape index (κ3) is 19.5. The van der Waals surface area contributed by atoms with Crippen LogP contribution in [0.3, 0.4) is 0 Å². The third-order valence-corrected chi connectivity index (χ3v) is 5.42. The Labute approximate surface area is 175 Å². The number of benzene rings is 1. The van der Waals surface area contributed by atoms with Crippen molar-refractivity contribution in [1.82, 2.24) is 0 Å². The summed E-state index contributed by atoms with van der Waals surface area (Å²) in [6.45, 7) is 6.51. The van der Waals surface area contributed by atoms with Gasteiger partial charge in [-0.3, -0.25) is 4.79 Å². The highest BCUT2D eigenvalue weighted by Crippen LogP contribution is 2.13. The van der Waals surface area contributed by atoms with Gasteiger partial charge in [-0.2, -0.15) is 0 Å². The molecule has 162 valence electrons. The molecule has 0 aromatic heterocycles. The molecule has 0 radical (unpaired) electrons. The Hall–Kier alpha value is -1.31. The molecule has 28 heavy (non-hydrogen) atoms. The summed E-state index contributed by atoms with van der Waals surface area (Å²) < 4.78 is 0. The predicted molar refractivity (Wildman–Crippen MR) is 123 cm³/mol. The Bertz CT molecular complexity index is 446. The van der Waals surface area contributed by atoms with E-state index in [0.29, 0.717) is 6.42 Å². The van der Waals surface area contributed by atoms with Crippen molar-refractivity contribution >= 4 is 5.97 Å². The average Bonchev–Trinajstić information content (AvgIpc) is 2.67. The van der Waals surface area contributed by atoms with Gasteiger partial charge in [-0.05, 0) is 31.4 Å². The second-order valence-corrected chi connectivity index (χ2v) is 8.18. The highest BCUT2D eigenvalue weighted by molar-refractivity contribution is 5.66. The lowest BCUT2D eigenvalue weighted by Crippen LogP contribution is -1.93. The minimum absolute atomic E-state index is 0.345. The molecule has 2 heteroatoms. The lowest BCUT2D eigenvalue weighted by molar-refractivity contribution is -0.137. The standard InChI is InChI=1S/C18H36O2.C8H10/c1-2-3-4-5-6-7-8-9-10-11-12-13-14-15-16-17-18(19)20;1-7-5-3-4-6-8(7)2/h2-17H2,1H3,(H,19,20);3-6H,1-2H3. The van der Waals surface area contributed by atoms with Gasteiger partial charge in [0.2, 0.25) is 0 Å². The summed E-state index contributed by atoms with van der Waals surface area (Å²) in [7, 11) is 0. The van der Waals surface area contributed by atoms with Gasteiger partial charge in [0.05, 0.1) is 0 Å². The Balaban J connectivity index is 0.000000749. The van der Waals surface area contributed by atoms with Crippen molar-refractivity contribution in [2.45, 2.75) is 124 Å². The van der Waals surface area contributed by atoms with E-state index in [4.69, 9.17) is 5.11 Å². The Kier molecular flexibility index (Phi) is 19.5. The minimum atomic E-state index is -0.653. The molecule has 0 fully saturated rings. The van der Waals surface area contributed by atoms with E-state index >= 15 is 0 Å². The van der Waals surface area contributed by atoms with Crippen LogP contribution >= 0.6 is 0 Å². The average molecular weight is 391 g/mol. The lowest BCUT2D eigenvalue weighted by atomic mass is 10.0. The summed E-state index contributed by atoms with van der Waals surface area (Å²) in [6, 6.07) is 8.36. The van der Waals surface area contributed by atoms with Gasteiger partial charge in [0.1, 0.15) is 0 Å². The van der Waals surface area contributed by atoms with Crippen LogP contribution in [0.25, 0.3) is 0 Å². The Morgan fingerprint density at radius 3 is 1.25 bits per heavy atom. The first-order chi connectivity index (χ1) is 13.6. The summed E-state index contributed by atoms with van der Waals surface area (Å²) in [5.41, 5.74) is 2.74. The molecule has 0 saturated carbocycles. The summed E-state index contributed by atoms with van der Waals surface area (Å²) in [4.78, 5) is 10.3. The van der Waals surface area contributed by atoms with Crippen molar-refractivity contribution in [3.8, 4) is 0 Å². The normalized spacial score (nSPS) is 10.4. The Morgan fingerprint density at radius 1 is 0.643 bits per heavy atom. The van der Waals surface area contributed by atoms with Gasteiger partial charge >= 0.3 is 5.97 Å². The Morgan fingerprint density at radius 2 is 0.964 bits per heavy atom. The van der Waals surface area contributed by atoms with E-state index in [2.05, 4.69) is 45.0 Å². The fourth-order valence-electron chi connectivity index (χ4n) is 3.31. The maximum Gasteiger partial charge on any atom is 0.303 e. The van der Waals surface area contributed by atoms with Gasteiger partial charge in [-0.1, -0.05) is 121 Å². The summed E-state index contributed by atoms with van der Waals surface area (Å²) in [5.74, 6) is -0.653. The monoisotopic (exact) mass is 390 g/mol. The van der Waals surface area contributed by atoms with Crippen LogP contribution in [-0.4, -0.2) is 11.1 Å². The van der Waals surface area contributed by atoms with Crippen molar-refractivity contribution in [2.75, 3.05) is 0 Å². The van der Waals surface area contributed by atoms with Crippen molar-refractivity contribution in [2.24, 2.45) is 0 Å². The first-order valence-corrected chi connectivity index (χ1v) is 11.8. The van der Waals surface area contributed by atoms with Crippen LogP contribution in [0.4, 0.5) is 0 Å². The first-order valence-electron chi connectivity index (χ1n) is 11.8. The van der Waals surface area contributed by atoms with Crippen molar-refractivity contribution in [3.05, 3.63) is 35.4 Å². The molecular weight excluding hydrogens is 344 g/mol. The van der Waals surface area contributed by atoms with Gasteiger partial charge in [0.15, 0.2) is 0 Å². The van der Waals surface area contributed by atoms with E-state index in [0.717, 1.165) is 12.8 Å². The molecule has 0 aliphatic rings. The van der Waals surface area contributed by atoms with Crippen molar-refractivity contribution in [3.63, 3.8) is 0 Å². The molecular formula is C26H46O2. The van der Waals surface area contributed by atoms with Gasteiger partial charge in [-0.25, -0.2) is 0 Å². The largest absolute Gasteiger partial charge is 0.481 e. The van der Waals surface area contributed by atoms with Crippen molar-refractivity contribution in [1.29, 1.82) is 0 Å². The number of aliphatic carboxylic acids is 1. The summed E-state index contributed by atoms with van der Waals surface area (Å²) in [6.07, 6.45) is 20.2. The molecule has 0 atom stereocenters. The lowest BCUT2D eigenvalue weighted by Gasteiger charge is -2.03. The summed E-state index contributed by atoms with van der Waals surface area (Å²) in [5, 5.41) is 8.52. The molecule has 0 bridgehead atoms. The number of carboxylic acids is 1. The SMILES string of the molecule is CCCCCCCCCCCCCCCCCC(=O)O.Cc1ccccc1C. The first kappa shape index (κ1) is 26.7. The van der Waals surface area contributed by atoms with E-state index in [-0.39, 0.29) is 0 Å². The molecule has 0 unspecified atom stereocenters. The predicted octanol–water partition coefficient (Wildman–Crippen LogP) is 8.64. The fourth-order valence-corrected chi connectivity index (χ4v) is 3.31. The zero-order valence-corrected chi connectivity index (χ0v) is 19.0. The zero-order chi connectivity index (χ0) is 20.9. The second-order valence-electron chi connectivity index (χ2n) is 8.18. The van der Waals surface area contributed by atoms with Crippen LogP contribution in [0.5, 0.6) is 0 Å². The smallest absolute Gasteiger partial charge is 0.303 e. The van der Waals surface area contributed by atoms with Crippen LogP contribution in [-0.2, 0) is 4.79 Å². The van der Waals surface area contributed by atoms with Crippen LogP contribution in [0, 0.1) is 13.8 Å². The van der Waals surface area contributed by atoms with E-state index in [9.17, 15) is 4.79 Å². The highest BCUT2D eigenvalue weighted by Gasteiger charge is 1.97. The van der Waals surface area contributed by atoms with E-state index < -0.39 is 5.97 Å². The molecule has 1 N–H and O–H groups in total. The number of carbonyl (C=O) groups is 1. The minimum Gasteiger partial charge on any atom is -0.481 e. The quantitative estimate of drug-likeness (QED) is 0.287. The molecule has 2 nitrogen and oxygen atoms in total. The van der Waals surface area contributed by atoms with Gasteiger partial charge in [0.25, 0.3) is 0 Å². The summed E-state index contributed by atoms with van der Waals surface area (Å²) >= 11 is 0. The molecule has 1 aromatic carbocycles. The van der Waals surface area contributed by atoms with Crippen LogP contribution in [0.15, 0.2) is 24.3 Å². The number of carboxylic acid groups (broad SMARTS) is 1. The third-order valence-electron chi connectivity index (χ3n) is 5.42. The molecule has 0 spiro atoms. The van der Waals surface area contributed by atoms with E-state index in [1.807, 2.05) is 0 Å². The fraction of sp³-hybridized carbons (Fsp3) is 0.731. The molecule has 1 rings (SSSR count). The molecule has 0 amide bonds. The molecule has 0 aliphatic carbocycles. The van der Waals surface area contributed by atoms with Gasteiger partial charge < -0.3 is 5.11 Å². The maximum atomic E-state index is 10.3. The van der Waals surface area contributed by atoms with E-state index in [1.54, 1.807) is 0 Å².